The SMILES string of the molecule is C=C(C)CN(C)CCCCC(C)N. The van der Waals surface area contributed by atoms with Gasteiger partial charge in [0.2, 0.25) is 0 Å². The van der Waals surface area contributed by atoms with E-state index in [1.165, 1.54) is 18.4 Å². The average Bonchev–Trinajstić information content (AvgIpc) is 1.96. The molecule has 0 amide bonds. The zero-order valence-electron chi connectivity index (χ0n) is 9.34. The lowest BCUT2D eigenvalue weighted by atomic mass is 10.1. The van der Waals surface area contributed by atoms with E-state index in [1.54, 1.807) is 0 Å². The van der Waals surface area contributed by atoms with Crippen molar-refractivity contribution in [2.24, 2.45) is 5.73 Å². The van der Waals surface area contributed by atoms with Gasteiger partial charge < -0.3 is 10.6 Å². The maximum absolute atomic E-state index is 5.66. The minimum atomic E-state index is 0.353. The van der Waals surface area contributed by atoms with Gasteiger partial charge in [0.1, 0.15) is 0 Å². The Kier molecular flexibility index (Phi) is 6.92. The second-order valence-corrected chi connectivity index (χ2v) is 4.17. The van der Waals surface area contributed by atoms with Crippen molar-refractivity contribution in [3.63, 3.8) is 0 Å². The molecule has 1 atom stereocenters. The Morgan fingerprint density at radius 1 is 1.46 bits per heavy atom. The summed E-state index contributed by atoms with van der Waals surface area (Å²) in [5.74, 6) is 0. The van der Waals surface area contributed by atoms with Crippen molar-refractivity contribution in [3.05, 3.63) is 12.2 Å². The number of rotatable bonds is 7. The van der Waals surface area contributed by atoms with Crippen LogP contribution in [0.3, 0.4) is 0 Å². The van der Waals surface area contributed by atoms with Crippen molar-refractivity contribution in [2.45, 2.75) is 39.2 Å². The van der Waals surface area contributed by atoms with Crippen LogP contribution in [0, 0.1) is 0 Å². The predicted molar refractivity (Wildman–Crippen MR) is 59.8 cm³/mol. The van der Waals surface area contributed by atoms with E-state index in [9.17, 15) is 0 Å². The summed E-state index contributed by atoms with van der Waals surface area (Å²) in [4.78, 5) is 2.31. The van der Waals surface area contributed by atoms with Gasteiger partial charge >= 0.3 is 0 Å². The number of likely N-dealkylation sites (N-methyl/N-ethyl adjacent to an activating group) is 1. The Labute approximate surface area is 82.8 Å². The number of hydrogen-bond acceptors (Lipinski definition) is 2. The zero-order chi connectivity index (χ0) is 10.3. The van der Waals surface area contributed by atoms with E-state index in [-0.39, 0.29) is 0 Å². The third kappa shape index (κ3) is 9.57. The van der Waals surface area contributed by atoms with E-state index < -0.39 is 0 Å². The molecule has 1 unspecified atom stereocenters. The van der Waals surface area contributed by atoms with Gasteiger partial charge in [0.05, 0.1) is 0 Å². The molecule has 0 rings (SSSR count). The quantitative estimate of drug-likeness (QED) is 0.484. The van der Waals surface area contributed by atoms with E-state index in [0.29, 0.717) is 6.04 Å². The summed E-state index contributed by atoms with van der Waals surface area (Å²) >= 11 is 0. The molecule has 0 spiro atoms. The molecule has 0 aromatic heterocycles. The van der Waals surface area contributed by atoms with Gasteiger partial charge in [0, 0.05) is 12.6 Å². The third-order valence-corrected chi connectivity index (χ3v) is 1.99. The average molecular weight is 184 g/mol. The highest BCUT2D eigenvalue weighted by atomic mass is 15.1. The summed E-state index contributed by atoms with van der Waals surface area (Å²) < 4.78 is 0. The Hall–Kier alpha value is -0.340. The van der Waals surface area contributed by atoms with Crippen LogP contribution in [0.5, 0.6) is 0 Å². The molecule has 0 aromatic carbocycles. The second kappa shape index (κ2) is 7.10. The van der Waals surface area contributed by atoms with E-state index in [2.05, 4.69) is 32.4 Å². The first-order chi connectivity index (χ1) is 6.02. The molecule has 0 fully saturated rings. The molecular weight excluding hydrogens is 160 g/mol. The number of hydrogen-bond donors (Lipinski definition) is 1. The first-order valence-electron chi connectivity index (χ1n) is 5.11. The van der Waals surface area contributed by atoms with E-state index in [4.69, 9.17) is 5.73 Å². The van der Waals surface area contributed by atoms with Crippen LogP contribution in [0.4, 0.5) is 0 Å². The smallest absolute Gasteiger partial charge is 0.0184 e. The van der Waals surface area contributed by atoms with Crippen LogP contribution in [0.15, 0.2) is 12.2 Å². The van der Waals surface area contributed by atoms with Crippen LogP contribution in [-0.2, 0) is 0 Å². The van der Waals surface area contributed by atoms with Crippen LogP contribution in [0.25, 0.3) is 0 Å². The Morgan fingerprint density at radius 3 is 2.54 bits per heavy atom. The molecule has 2 nitrogen and oxygen atoms in total. The summed E-state index contributed by atoms with van der Waals surface area (Å²) in [6.07, 6.45) is 3.62. The topological polar surface area (TPSA) is 29.3 Å². The fraction of sp³-hybridized carbons (Fsp3) is 0.818. The van der Waals surface area contributed by atoms with Gasteiger partial charge in [-0.15, -0.1) is 0 Å². The van der Waals surface area contributed by atoms with Crippen LogP contribution >= 0.6 is 0 Å². The molecule has 0 aromatic rings. The molecule has 0 aliphatic heterocycles. The van der Waals surface area contributed by atoms with Crippen LogP contribution in [0.1, 0.15) is 33.1 Å². The molecule has 0 aliphatic rings. The van der Waals surface area contributed by atoms with Crippen molar-refractivity contribution in [3.8, 4) is 0 Å². The summed E-state index contributed by atoms with van der Waals surface area (Å²) in [5.41, 5.74) is 6.89. The maximum atomic E-state index is 5.66. The summed E-state index contributed by atoms with van der Waals surface area (Å²) in [5, 5.41) is 0. The second-order valence-electron chi connectivity index (χ2n) is 4.17. The van der Waals surface area contributed by atoms with Crippen LogP contribution in [-0.4, -0.2) is 31.1 Å². The lowest BCUT2D eigenvalue weighted by Gasteiger charge is -2.16. The molecular formula is C11H24N2. The van der Waals surface area contributed by atoms with Crippen molar-refractivity contribution >= 4 is 0 Å². The van der Waals surface area contributed by atoms with Crippen LogP contribution in [0.2, 0.25) is 0 Å². The predicted octanol–water partition coefficient (Wildman–Crippen LogP) is 2.01. The largest absolute Gasteiger partial charge is 0.328 e. The zero-order valence-corrected chi connectivity index (χ0v) is 9.34. The number of unbranched alkanes of at least 4 members (excludes halogenated alkanes) is 1. The van der Waals surface area contributed by atoms with Crippen molar-refractivity contribution in [1.29, 1.82) is 0 Å². The van der Waals surface area contributed by atoms with Gasteiger partial charge in [-0.25, -0.2) is 0 Å². The highest BCUT2D eigenvalue weighted by Crippen LogP contribution is 2.01. The maximum Gasteiger partial charge on any atom is 0.0184 e. The first kappa shape index (κ1) is 12.7. The van der Waals surface area contributed by atoms with Gasteiger partial charge in [-0.05, 0) is 40.3 Å². The molecule has 13 heavy (non-hydrogen) atoms. The molecule has 0 bridgehead atoms. The highest BCUT2D eigenvalue weighted by molar-refractivity contribution is 4.90. The van der Waals surface area contributed by atoms with Gasteiger partial charge in [-0.1, -0.05) is 18.6 Å². The summed E-state index contributed by atoms with van der Waals surface area (Å²) in [7, 11) is 2.14. The minimum Gasteiger partial charge on any atom is -0.328 e. The van der Waals surface area contributed by atoms with E-state index >= 15 is 0 Å². The fourth-order valence-corrected chi connectivity index (χ4v) is 1.39. The van der Waals surface area contributed by atoms with Crippen molar-refractivity contribution in [1.82, 2.24) is 4.90 Å². The third-order valence-electron chi connectivity index (χ3n) is 1.99. The number of nitrogens with two attached hydrogens (primary N) is 1. The first-order valence-corrected chi connectivity index (χ1v) is 5.11. The number of nitrogens with zero attached hydrogens (tertiary/aromatic N) is 1. The molecule has 0 heterocycles. The molecule has 2 N–H and O–H groups in total. The molecule has 0 radical (unpaired) electrons. The van der Waals surface area contributed by atoms with Gasteiger partial charge in [-0.2, -0.15) is 0 Å². The van der Waals surface area contributed by atoms with Crippen LogP contribution < -0.4 is 5.73 Å². The van der Waals surface area contributed by atoms with E-state index in [0.717, 1.165) is 19.5 Å². The molecule has 0 saturated carbocycles. The lowest BCUT2D eigenvalue weighted by molar-refractivity contribution is 0.348. The highest BCUT2D eigenvalue weighted by Gasteiger charge is 1.98. The molecule has 0 aliphatic carbocycles. The Bertz CT molecular complexity index is 141. The van der Waals surface area contributed by atoms with E-state index in [1.807, 2.05) is 0 Å². The molecule has 0 saturated heterocycles. The van der Waals surface area contributed by atoms with Crippen molar-refractivity contribution in [2.75, 3.05) is 20.1 Å². The Morgan fingerprint density at radius 2 is 2.08 bits per heavy atom. The molecule has 2 heteroatoms. The standard InChI is InChI=1S/C11H24N2/c1-10(2)9-13(4)8-6-5-7-11(3)12/h11H,1,5-9,12H2,2-4H3. The van der Waals surface area contributed by atoms with Gasteiger partial charge in [0.25, 0.3) is 0 Å². The monoisotopic (exact) mass is 184 g/mol. The minimum absolute atomic E-state index is 0.353. The van der Waals surface area contributed by atoms with Crippen molar-refractivity contribution < 1.29 is 0 Å². The Balaban J connectivity index is 3.26. The van der Waals surface area contributed by atoms with Gasteiger partial charge in [0.15, 0.2) is 0 Å². The fourth-order valence-electron chi connectivity index (χ4n) is 1.39. The normalized spacial score (nSPS) is 13.3. The summed E-state index contributed by atoms with van der Waals surface area (Å²) in [6, 6.07) is 0.353. The van der Waals surface area contributed by atoms with Gasteiger partial charge in [-0.3, -0.25) is 0 Å². The summed E-state index contributed by atoms with van der Waals surface area (Å²) in [6.45, 7) is 10.2. The molecule has 78 valence electrons. The lowest BCUT2D eigenvalue weighted by Crippen LogP contribution is -2.22.